The van der Waals surface area contributed by atoms with Crippen LogP contribution in [0.4, 0.5) is 0 Å². The van der Waals surface area contributed by atoms with Crippen LogP contribution >= 0.6 is 12.6 Å². The van der Waals surface area contributed by atoms with Crippen LogP contribution in [-0.2, 0) is 11.3 Å². The molecule has 0 heterocycles. The monoisotopic (exact) mass is 269 g/mol. The van der Waals surface area contributed by atoms with Crippen LogP contribution < -0.4 is 10.1 Å². The lowest BCUT2D eigenvalue weighted by Crippen LogP contribution is -2.48. The van der Waals surface area contributed by atoms with Gasteiger partial charge in [-0.05, 0) is 31.5 Å². The van der Waals surface area contributed by atoms with Gasteiger partial charge in [0.05, 0.1) is 7.11 Å². The van der Waals surface area contributed by atoms with E-state index in [2.05, 4.69) is 17.9 Å². The zero-order chi connectivity index (χ0) is 13.8. The van der Waals surface area contributed by atoms with E-state index in [1.54, 1.807) is 21.0 Å². The van der Waals surface area contributed by atoms with E-state index in [4.69, 9.17) is 9.84 Å². The summed E-state index contributed by atoms with van der Waals surface area (Å²) in [5, 5.41) is 12.1. The van der Waals surface area contributed by atoms with Gasteiger partial charge in [-0.2, -0.15) is 12.6 Å². The molecule has 0 spiro atoms. The van der Waals surface area contributed by atoms with E-state index in [0.717, 1.165) is 11.3 Å². The summed E-state index contributed by atoms with van der Waals surface area (Å²) in [6.07, 6.45) is 0. The second kappa shape index (κ2) is 6.11. The number of methoxy groups -OCH3 is 1. The van der Waals surface area contributed by atoms with Gasteiger partial charge >= 0.3 is 5.97 Å². The smallest absolute Gasteiger partial charge is 0.322 e. The van der Waals surface area contributed by atoms with Crippen LogP contribution in [0.25, 0.3) is 0 Å². The van der Waals surface area contributed by atoms with Gasteiger partial charge in [-0.3, -0.25) is 10.1 Å². The summed E-state index contributed by atoms with van der Waals surface area (Å²) in [4.78, 5) is 11.1. The molecule has 5 heteroatoms. The van der Waals surface area contributed by atoms with Gasteiger partial charge in [0, 0.05) is 11.3 Å². The highest BCUT2D eigenvalue weighted by atomic mass is 32.1. The number of nitrogens with one attached hydrogen (secondary N) is 1. The van der Waals surface area contributed by atoms with Crippen LogP contribution in [0.1, 0.15) is 19.4 Å². The molecular weight excluding hydrogens is 250 g/mol. The van der Waals surface area contributed by atoms with Gasteiger partial charge in [-0.25, -0.2) is 0 Å². The van der Waals surface area contributed by atoms with Crippen molar-refractivity contribution in [2.45, 2.75) is 31.2 Å². The highest BCUT2D eigenvalue weighted by molar-refractivity contribution is 7.81. The zero-order valence-electron chi connectivity index (χ0n) is 10.8. The second-order valence-corrected chi connectivity index (χ2v) is 5.81. The molecule has 18 heavy (non-hydrogen) atoms. The molecule has 4 nitrogen and oxygen atoms in total. The average Bonchev–Trinajstić information content (AvgIpc) is 2.28. The minimum Gasteiger partial charge on any atom is -0.497 e. The standard InChI is InChI=1S/C13H19NO3S/c1-13(2,18)11(12(15)16)14-8-9-4-6-10(17-3)7-5-9/h4-7,11,14,18H,8H2,1-3H3,(H,15,16)/t11-/m1/s1. The Kier molecular flexibility index (Phi) is 5.04. The number of hydrogen-bond acceptors (Lipinski definition) is 4. The van der Waals surface area contributed by atoms with E-state index in [0.29, 0.717) is 6.54 Å². The van der Waals surface area contributed by atoms with Crippen molar-refractivity contribution < 1.29 is 14.6 Å². The van der Waals surface area contributed by atoms with Crippen LogP contribution in [0, 0.1) is 0 Å². The molecular formula is C13H19NO3S. The average molecular weight is 269 g/mol. The Morgan fingerprint density at radius 1 is 1.44 bits per heavy atom. The van der Waals surface area contributed by atoms with Crippen molar-refractivity contribution in [3.8, 4) is 5.75 Å². The van der Waals surface area contributed by atoms with Gasteiger partial charge in [0.1, 0.15) is 11.8 Å². The largest absolute Gasteiger partial charge is 0.497 e. The van der Waals surface area contributed by atoms with Crippen molar-refractivity contribution in [1.82, 2.24) is 5.32 Å². The van der Waals surface area contributed by atoms with E-state index in [1.165, 1.54) is 0 Å². The molecule has 0 amide bonds. The van der Waals surface area contributed by atoms with Gasteiger partial charge < -0.3 is 9.84 Å². The fourth-order valence-corrected chi connectivity index (χ4v) is 1.80. The summed E-state index contributed by atoms with van der Waals surface area (Å²) >= 11 is 4.30. The summed E-state index contributed by atoms with van der Waals surface area (Å²) in [6.45, 7) is 4.02. The first-order valence-corrected chi connectivity index (χ1v) is 6.11. The van der Waals surface area contributed by atoms with E-state index in [9.17, 15) is 4.79 Å². The van der Waals surface area contributed by atoms with Crippen LogP contribution in [-0.4, -0.2) is 29.0 Å². The van der Waals surface area contributed by atoms with E-state index >= 15 is 0 Å². The molecule has 0 radical (unpaired) electrons. The second-order valence-electron chi connectivity index (χ2n) is 4.65. The minimum atomic E-state index is -0.900. The number of aliphatic carboxylic acids is 1. The molecule has 0 bridgehead atoms. The van der Waals surface area contributed by atoms with Crippen molar-refractivity contribution in [2.24, 2.45) is 0 Å². The SMILES string of the molecule is COc1ccc(CN[C@H](C(=O)O)C(C)(C)S)cc1. The quantitative estimate of drug-likeness (QED) is 0.691. The number of carboxylic acids is 1. The lowest BCUT2D eigenvalue weighted by Gasteiger charge is -2.27. The summed E-state index contributed by atoms with van der Waals surface area (Å²) < 4.78 is 4.43. The summed E-state index contributed by atoms with van der Waals surface area (Å²) in [6, 6.07) is 6.78. The van der Waals surface area contributed by atoms with Crippen LogP contribution in [0.15, 0.2) is 24.3 Å². The molecule has 0 aliphatic heterocycles. The third kappa shape index (κ3) is 4.23. The first-order valence-electron chi connectivity index (χ1n) is 5.66. The lowest BCUT2D eigenvalue weighted by atomic mass is 10.0. The Labute approximate surface area is 113 Å². The summed E-state index contributed by atoms with van der Waals surface area (Å²) in [7, 11) is 1.61. The molecule has 1 aromatic carbocycles. The molecule has 0 aliphatic carbocycles. The van der Waals surface area contributed by atoms with Gasteiger partial charge in [-0.1, -0.05) is 12.1 Å². The Morgan fingerprint density at radius 3 is 2.39 bits per heavy atom. The predicted octanol–water partition coefficient (Wildman–Crippen LogP) is 1.95. The maximum Gasteiger partial charge on any atom is 0.322 e. The highest BCUT2D eigenvalue weighted by Gasteiger charge is 2.31. The lowest BCUT2D eigenvalue weighted by molar-refractivity contribution is -0.140. The van der Waals surface area contributed by atoms with Crippen molar-refractivity contribution in [3.05, 3.63) is 29.8 Å². The topological polar surface area (TPSA) is 58.6 Å². The molecule has 0 saturated carbocycles. The highest BCUT2D eigenvalue weighted by Crippen LogP contribution is 2.18. The van der Waals surface area contributed by atoms with Gasteiger partial charge in [0.15, 0.2) is 0 Å². The Balaban J connectivity index is 2.64. The normalized spacial score (nSPS) is 13.1. The fraction of sp³-hybridized carbons (Fsp3) is 0.462. The number of carboxylic acid groups (broad SMARTS) is 1. The first kappa shape index (κ1) is 14.9. The Hall–Kier alpha value is -1.20. The minimum absolute atomic E-state index is 0.477. The van der Waals surface area contributed by atoms with Crippen molar-refractivity contribution in [2.75, 3.05) is 7.11 Å². The van der Waals surface area contributed by atoms with Crippen molar-refractivity contribution >= 4 is 18.6 Å². The molecule has 2 N–H and O–H groups in total. The number of carbonyl (C=O) groups is 1. The van der Waals surface area contributed by atoms with Crippen molar-refractivity contribution in [3.63, 3.8) is 0 Å². The van der Waals surface area contributed by atoms with Crippen molar-refractivity contribution in [1.29, 1.82) is 0 Å². The van der Waals surface area contributed by atoms with E-state index < -0.39 is 16.8 Å². The summed E-state index contributed by atoms with van der Waals surface area (Å²) in [5.41, 5.74) is 1.000. The number of rotatable bonds is 6. The third-order valence-corrected chi connectivity index (χ3v) is 2.88. The summed E-state index contributed by atoms with van der Waals surface area (Å²) in [5.74, 6) is -0.119. The molecule has 0 saturated heterocycles. The molecule has 1 aromatic rings. The van der Waals surface area contributed by atoms with E-state index in [1.807, 2.05) is 24.3 Å². The molecule has 0 unspecified atom stereocenters. The first-order chi connectivity index (χ1) is 8.34. The Morgan fingerprint density at radius 2 is 2.00 bits per heavy atom. The number of thiol groups is 1. The van der Waals surface area contributed by atoms with Gasteiger partial charge in [-0.15, -0.1) is 0 Å². The molecule has 0 aliphatic rings. The molecule has 1 rings (SSSR count). The van der Waals surface area contributed by atoms with E-state index in [-0.39, 0.29) is 0 Å². The maximum absolute atomic E-state index is 11.1. The number of ether oxygens (including phenoxy) is 1. The van der Waals surface area contributed by atoms with Crippen LogP contribution in [0.3, 0.4) is 0 Å². The molecule has 1 atom stereocenters. The van der Waals surface area contributed by atoms with Crippen LogP contribution in [0.5, 0.6) is 5.75 Å². The number of hydrogen-bond donors (Lipinski definition) is 3. The number of benzene rings is 1. The molecule has 100 valence electrons. The molecule has 0 aromatic heterocycles. The maximum atomic E-state index is 11.1. The fourth-order valence-electron chi connectivity index (χ4n) is 1.60. The predicted molar refractivity (Wildman–Crippen MR) is 74.3 cm³/mol. The van der Waals surface area contributed by atoms with Gasteiger partial charge in [0.25, 0.3) is 0 Å². The van der Waals surface area contributed by atoms with Gasteiger partial charge in [0.2, 0.25) is 0 Å². The van der Waals surface area contributed by atoms with Crippen LogP contribution in [0.2, 0.25) is 0 Å². The zero-order valence-corrected chi connectivity index (χ0v) is 11.7. The third-order valence-electron chi connectivity index (χ3n) is 2.62. The Bertz CT molecular complexity index is 398. The molecule has 0 fully saturated rings.